The fourth-order valence-corrected chi connectivity index (χ4v) is 2.33. The number of nitrogens with zero attached hydrogens (tertiary/aromatic N) is 3. The Morgan fingerprint density at radius 3 is 2.05 bits per heavy atom. The summed E-state index contributed by atoms with van der Waals surface area (Å²) in [5.74, 6) is 0. The highest BCUT2D eigenvalue weighted by Gasteiger charge is 2.10. The summed E-state index contributed by atoms with van der Waals surface area (Å²) in [4.78, 5) is 12.6. The van der Waals surface area contributed by atoms with Crippen molar-refractivity contribution < 1.29 is 0 Å². The fourth-order valence-electron chi connectivity index (χ4n) is 2.33. The molecular weight excluding hydrogens is 272 g/mol. The van der Waals surface area contributed by atoms with E-state index in [2.05, 4.69) is 15.0 Å². The molecule has 1 fully saturated rings. The van der Waals surface area contributed by atoms with E-state index in [0.717, 1.165) is 5.69 Å². The summed E-state index contributed by atoms with van der Waals surface area (Å²) in [7, 11) is 0. The first-order valence-electron chi connectivity index (χ1n) is 7.74. The Morgan fingerprint density at radius 1 is 0.909 bits per heavy atom. The van der Waals surface area contributed by atoms with Gasteiger partial charge in [0.2, 0.25) is 0 Å². The van der Waals surface area contributed by atoms with E-state index in [0.29, 0.717) is 11.7 Å². The average molecular weight is 294 g/mol. The standard InChI is InChI=1S/C12H16N2.C6H6N2/c1-2-6-11(7-3-1)14-10-12-8-4-5-9-13-12;7-5-6-3-1-2-4-8-6/h4-5,8-11H,1-3,6-7H2;1-5,7H. The highest BCUT2D eigenvalue weighted by Crippen LogP contribution is 2.19. The van der Waals surface area contributed by atoms with Gasteiger partial charge in [-0.3, -0.25) is 15.0 Å². The minimum Gasteiger partial charge on any atom is -0.307 e. The van der Waals surface area contributed by atoms with Crippen LogP contribution in [0.25, 0.3) is 0 Å². The molecule has 0 saturated heterocycles. The molecule has 0 aromatic carbocycles. The van der Waals surface area contributed by atoms with Crippen molar-refractivity contribution in [2.45, 2.75) is 38.1 Å². The lowest BCUT2D eigenvalue weighted by molar-refractivity contribution is 0.444. The van der Waals surface area contributed by atoms with Crippen LogP contribution in [-0.2, 0) is 0 Å². The van der Waals surface area contributed by atoms with E-state index in [1.807, 2.05) is 42.7 Å². The van der Waals surface area contributed by atoms with E-state index in [9.17, 15) is 0 Å². The molecule has 4 heteroatoms. The summed E-state index contributed by atoms with van der Waals surface area (Å²) in [6.07, 6.45) is 13.2. The SMILES string of the molecule is C(=NC1CCCCC1)c1ccccn1.N=Cc1ccccn1. The van der Waals surface area contributed by atoms with E-state index in [1.54, 1.807) is 12.3 Å². The van der Waals surface area contributed by atoms with E-state index < -0.39 is 0 Å². The van der Waals surface area contributed by atoms with Crippen molar-refractivity contribution in [1.82, 2.24) is 9.97 Å². The first kappa shape index (κ1) is 16.0. The maximum atomic E-state index is 6.76. The Morgan fingerprint density at radius 2 is 1.55 bits per heavy atom. The number of pyridine rings is 2. The minimum absolute atomic E-state index is 0.547. The van der Waals surface area contributed by atoms with E-state index in [-0.39, 0.29) is 0 Å². The molecule has 2 heterocycles. The Labute approximate surface area is 131 Å². The molecule has 0 amide bonds. The monoisotopic (exact) mass is 294 g/mol. The zero-order valence-electron chi connectivity index (χ0n) is 12.7. The summed E-state index contributed by atoms with van der Waals surface area (Å²) in [5.41, 5.74) is 1.67. The van der Waals surface area contributed by atoms with Crippen molar-refractivity contribution >= 4 is 12.4 Å². The highest BCUT2D eigenvalue weighted by atomic mass is 14.8. The molecule has 4 nitrogen and oxygen atoms in total. The number of aliphatic imine (C=N–C) groups is 1. The molecule has 0 aliphatic heterocycles. The molecule has 3 rings (SSSR count). The number of nitrogens with one attached hydrogen (secondary N) is 1. The van der Waals surface area contributed by atoms with Gasteiger partial charge in [0.25, 0.3) is 0 Å². The molecule has 1 saturated carbocycles. The van der Waals surface area contributed by atoms with E-state index in [4.69, 9.17) is 5.41 Å². The summed E-state index contributed by atoms with van der Waals surface area (Å²) in [6, 6.07) is 11.9. The number of aromatic nitrogens is 2. The third-order valence-electron chi connectivity index (χ3n) is 3.52. The predicted octanol–water partition coefficient (Wildman–Crippen LogP) is 3.91. The molecule has 1 N–H and O–H groups in total. The Hall–Kier alpha value is -2.36. The zero-order valence-corrected chi connectivity index (χ0v) is 12.7. The van der Waals surface area contributed by atoms with Crippen molar-refractivity contribution in [2.24, 2.45) is 4.99 Å². The molecule has 1 aliphatic rings. The molecule has 0 spiro atoms. The van der Waals surface area contributed by atoms with Gasteiger partial charge in [-0.05, 0) is 37.1 Å². The van der Waals surface area contributed by atoms with Crippen LogP contribution < -0.4 is 0 Å². The highest BCUT2D eigenvalue weighted by molar-refractivity contribution is 5.76. The van der Waals surface area contributed by atoms with Gasteiger partial charge >= 0.3 is 0 Å². The van der Waals surface area contributed by atoms with Crippen LogP contribution in [0.1, 0.15) is 43.5 Å². The molecule has 0 bridgehead atoms. The van der Waals surface area contributed by atoms with Crippen molar-refractivity contribution in [3.8, 4) is 0 Å². The fraction of sp³-hybridized carbons (Fsp3) is 0.333. The molecule has 0 radical (unpaired) electrons. The third-order valence-corrected chi connectivity index (χ3v) is 3.52. The third kappa shape index (κ3) is 5.95. The second-order valence-corrected chi connectivity index (χ2v) is 5.22. The van der Waals surface area contributed by atoms with Gasteiger partial charge in [-0.2, -0.15) is 0 Å². The van der Waals surface area contributed by atoms with Crippen LogP contribution in [0.15, 0.2) is 53.8 Å². The molecule has 2 aromatic rings. The van der Waals surface area contributed by atoms with Gasteiger partial charge in [-0.25, -0.2) is 0 Å². The Balaban J connectivity index is 0.000000188. The maximum Gasteiger partial charge on any atom is 0.0807 e. The van der Waals surface area contributed by atoms with E-state index in [1.165, 1.54) is 38.3 Å². The van der Waals surface area contributed by atoms with Gasteiger partial charge in [0, 0.05) is 24.8 Å². The minimum atomic E-state index is 0.547. The van der Waals surface area contributed by atoms with Gasteiger partial charge in [0.15, 0.2) is 0 Å². The molecule has 114 valence electrons. The maximum absolute atomic E-state index is 6.76. The summed E-state index contributed by atoms with van der Waals surface area (Å²) < 4.78 is 0. The first-order valence-corrected chi connectivity index (χ1v) is 7.74. The van der Waals surface area contributed by atoms with E-state index >= 15 is 0 Å². The van der Waals surface area contributed by atoms with Crippen LogP contribution in [0.4, 0.5) is 0 Å². The smallest absolute Gasteiger partial charge is 0.0807 e. The van der Waals surface area contributed by atoms with Gasteiger partial charge < -0.3 is 5.41 Å². The van der Waals surface area contributed by atoms with Crippen LogP contribution >= 0.6 is 0 Å². The average Bonchev–Trinajstić information content (AvgIpc) is 2.63. The van der Waals surface area contributed by atoms with Gasteiger partial charge in [-0.15, -0.1) is 0 Å². The largest absolute Gasteiger partial charge is 0.307 e. The Kier molecular flexibility index (Phi) is 6.96. The lowest BCUT2D eigenvalue weighted by Gasteiger charge is -2.16. The zero-order chi connectivity index (χ0) is 15.5. The molecule has 22 heavy (non-hydrogen) atoms. The van der Waals surface area contributed by atoms with Gasteiger partial charge in [0.1, 0.15) is 0 Å². The Bertz CT molecular complexity index is 560. The summed E-state index contributed by atoms with van der Waals surface area (Å²) >= 11 is 0. The van der Waals surface area contributed by atoms with Crippen LogP contribution in [0.3, 0.4) is 0 Å². The molecular formula is C18H22N4. The van der Waals surface area contributed by atoms with Crippen LogP contribution in [0.2, 0.25) is 0 Å². The lowest BCUT2D eigenvalue weighted by Crippen LogP contribution is -2.09. The summed E-state index contributed by atoms with van der Waals surface area (Å²) in [5, 5.41) is 6.76. The van der Waals surface area contributed by atoms with Crippen LogP contribution in [-0.4, -0.2) is 28.4 Å². The second-order valence-electron chi connectivity index (χ2n) is 5.22. The van der Waals surface area contributed by atoms with Crippen molar-refractivity contribution in [2.75, 3.05) is 0 Å². The number of rotatable bonds is 3. The molecule has 0 atom stereocenters. The van der Waals surface area contributed by atoms with Crippen LogP contribution in [0, 0.1) is 5.41 Å². The topological polar surface area (TPSA) is 62.0 Å². The van der Waals surface area contributed by atoms with Crippen molar-refractivity contribution in [3.63, 3.8) is 0 Å². The van der Waals surface area contributed by atoms with Gasteiger partial charge in [-0.1, -0.05) is 31.4 Å². The molecule has 0 unspecified atom stereocenters. The molecule has 1 aliphatic carbocycles. The quantitative estimate of drug-likeness (QED) is 0.872. The van der Waals surface area contributed by atoms with Crippen LogP contribution in [0.5, 0.6) is 0 Å². The lowest BCUT2D eigenvalue weighted by atomic mass is 9.96. The number of hydrogen-bond donors (Lipinski definition) is 1. The second kappa shape index (κ2) is 9.55. The molecule has 2 aromatic heterocycles. The van der Waals surface area contributed by atoms with Crippen molar-refractivity contribution in [3.05, 3.63) is 60.2 Å². The number of hydrogen-bond acceptors (Lipinski definition) is 4. The van der Waals surface area contributed by atoms with Crippen molar-refractivity contribution in [1.29, 1.82) is 5.41 Å². The summed E-state index contributed by atoms with van der Waals surface area (Å²) in [6.45, 7) is 0. The predicted molar refractivity (Wildman–Crippen MR) is 90.8 cm³/mol. The first-order chi connectivity index (χ1) is 10.9. The van der Waals surface area contributed by atoms with Gasteiger partial charge in [0.05, 0.1) is 17.4 Å². The normalized spacial score (nSPS) is 15.1.